The Morgan fingerprint density at radius 3 is 2.17 bits per heavy atom. The van der Waals surface area contributed by atoms with Crippen LogP contribution in [0.4, 0.5) is 4.79 Å². The van der Waals surface area contributed by atoms with Crippen molar-refractivity contribution in [3.05, 3.63) is 35.9 Å². The van der Waals surface area contributed by atoms with Gasteiger partial charge < -0.3 is 20.5 Å². The van der Waals surface area contributed by atoms with Crippen LogP contribution in [0.1, 0.15) is 46.2 Å². The molecule has 0 aliphatic rings. The van der Waals surface area contributed by atoms with Crippen molar-refractivity contribution in [3.8, 4) is 0 Å². The number of aliphatic hydroxyl groups is 1. The summed E-state index contributed by atoms with van der Waals surface area (Å²) < 4.78 is 5.21. The Kier molecular flexibility index (Phi) is 6.15. The fourth-order valence-corrected chi connectivity index (χ4v) is 1.78. The Labute approximate surface area is 137 Å². The smallest absolute Gasteiger partial charge is 0.408 e. The lowest BCUT2D eigenvalue weighted by Crippen LogP contribution is -2.46. The van der Waals surface area contributed by atoms with Crippen LogP contribution in [0.15, 0.2) is 30.3 Å². The third kappa shape index (κ3) is 7.65. The summed E-state index contributed by atoms with van der Waals surface area (Å²) in [5, 5.41) is 14.9. The summed E-state index contributed by atoms with van der Waals surface area (Å²) in [6.07, 6.45) is -0.676. The Morgan fingerprint density at radius 2 is 1.70 bits per heavy atom. The molecular weight excluding hydrogens is 296 g/mol. The van der Waals surface area contributed by atoms with Crippen molar-refractivity contribution in [3.63, 3.8) is 0 Å². The third-order valence-corrected chi connectivity index (χ3v) is 2.75. The highest BCUT2D eigenvalue weighted by molar-refractivity contribution is 5.87. The molecule has 0 bridgehead atoms. The van der Waals surface area contributed by atoms with E-state index in [0.717, 1.165) is 0 Å². The van der Waals surface area contributed by atoms with Crippen LogP contribution in [-0.2, 0) is 9.53 Å². The molecule has 0 aromatic heterocycles. The van der Waals surface area contributed by atoms with Crippen LogP contribution in [0.5, 0.6) is 0 Å². The Bertz CT molecular complexity index is 530. The number of ether oxygens (including phenoxy) is 1. The first-order chi connectivity index (χ1) is 10.5. The van der Waals surface area contributed by atoms with Crippen LogP contribution in [0.3, 0.4) is 0 Å². The summed E-state index contributed by atoms with van der Waals surface area (Å²) in [7, 11) is 0. The van der Waals surface area contributed by atoms with Crippen LogP contribution in [0.25, 0.3) is 0 Å². The van der Waals surface area contributed by atoms with Crippen LogP contribution in [0.2, 0.25) is 0 Å². The second-order valence-electron chi connectivity index (χ2n) is 7.02. The molecule has 0 aliphatic heterocycles. The molecular formula is C17H26N2O4. The molecule has 0 spiro atoms. The van der Waals surface area contributed by atoms with E-state index >= 15 is 0 Å². The molecule has 0 radical (unpaired) electrons. The van der Waals surface area contributed by atoms with E-state index in [-0.39, 0.29) is 6.54 Å². The summed E-state index contributed by atoms with van der Waals surface area (Å²) in [4.78, 5) is 24.4. The average molecular weight is 322 g/mol. The highest BCUT2D eigenvalue weighted by atomic mass is 16.6. The molecule has 128 valence electrons. The number of hydrogen-bond acceptors (Lipinski definition) is 4. The topological polar surface area (TPSA) is 87.7 Å². The third-order valence-electron chi connectivity index (χ3n) is 2.75. The Hall–Kier alpha value is -2.08. The molecule has 1 aromatic rings. The lowest BCUT2D eigenvalue weighted by molar-refractivity contribution is -0.124. The Balaban J connectivity index is 2.86. The van der Waals surface area contributed by atoms with Gasteiger partial charge in [0, 0.05) is 6.54 Å². The number of rotatable bonds is 5. The summed E-state index contributed by atoms with van der Waals surface area (Å²) in [5.41, 5.74) is -1.07. The van der Waals surface area contributed by atoms with Crippen LogP contribution in [-0.4, -0.2) is 34.9 Å². The van der Waals surface area contributed by atoms with E-state index in [0.29, 0.717) is 5.56 Å². The lowest BCUT2D eigenvalue weighted by Gasteiger charge is -2.25. The molecule has 0 fully saturated rings. The molecule has 1 unspecified atom stereocenters. The minimum atomic E-state index is -1.04. The molecule has 0 saturated heterocycles. The van der Waals surface area contributed by atoms with Crippen molar-refractivity contribution in [1.82, 2.24) is 10.6 Å². The summed E-state index contributed by atoms with van der Waals surface area (Å²) in [5.74, 6) is -0.413. The van der Waals surface area contributed by atoms with Crippen molar-refractivity contribution in [2.75, 3.05) is 6.54 Å². The fraction of sp³-hybridized carbons (Fsp3) is 0.529. The van der Waals surface area contributed by atoms with Gasteiger partial charge in [0.15, 0.2) is 0 Å². The van der Waals surface area contributed by atoms with Gasteiger partial charge in [-0.15, -0.1) is 0 Å². The van der Waals surface area contributed by atoms with Crippen molar-refractivity contribution in [2.45, 2.75) is 51.9 Å². The molecule has 1 atom stereocenters. The maximum atomic E-state index is 12.4. The standard InChI is InChI=1S/C17H26N2O4/c1-16(2,3)23-15(21)19-13(12-9-7-6-8-10-12)14(20)18-11-17(4,5)22/h6-10,13,22H,11H2,1-5H3,(H,18,20)(H,19,21). The quantitative estimate of drug-likeness (QED) is 0.775. The number of alkyl carbamates (subject to hydrolysis) is 1. The van der Waals surface area contributed by atoms with E-state index in [9.17, 15) is 14.7 Å². The summed E-state index contributed by atoms with van der Waals surface area (Å²) >= 11 is 0. The average Bonchev–Trinajstić information content (AvgIpc) is 2.40. The van der Waals surface area contributed by atoms with Crippen LogP contribution < -0.4 is 10.6 Å². The van der Waals surface area contributed by atoms with Gasteiger partial charge in [0.05, 0.1) is 5.60 Å². The van der Waals surface area contributed by atoms with Crippen LogP contribution >= 0.6 is 0 Å². The van der Waals surface area contributed by atoms with Gasteiger partial charge in [0.25, 0.3) is 0 Å². The zero-order chi connectivity index (χ0) is 17.7. The highest BCUT2D eigenvalue weighted by Gasteiger charge is 2.26. The first-order valence-corrected chi connectivity index (χ1v) is 7.52. The van der Waals surface area contributed by atoms with Gasteiger partial charge in [0.2, 0.25) is 5.91 Å². The zero-order valence-corrected chi connectivity index (χ0v) is 14.3. The van der Waals surface area contributed by atoms with E-state index in [1.165, 1.54) is 0 Å². The molecule has 6 heteroatoms. The summed E-state index contributed by atoms with van der Waals surface area (Å²) in [6, 6.07) is 7.97. The molecule has 0 heterocycles. The van der Waals surface area contributed by atoms with E-state index in [2.05, 4.69) is 10.6 Å². The molecule has 3 N–H and O–H groups in total. The van der Waals surface area contributed by atoms with Crippen molar-refractivity contribution >= 4 is 12.0 Å². The number of carbonyl (C=O) groups is 2. The van der Waals surface area contributed by atoms with Gasteiger partial charge in [-0.2, -0.15) is 0 Å². The number of amides is 2. The maximum absolute atomic E-state index is 12.4. The predicted molar refractivity (Wildman–Crippen MR) is 87.9 cm³/mol. The summed E-state index contributed by atoms with van der Waals surface area (Å²) in [6.45, 7) is 8.50. The Morgan fingerprint density at radius 1 is 1.13 bits per heavy atom. The minimum Gasteiger partial charge on any atom is -0.444 e. The van der Waals surface area contributed by atoms with E-state index in [1.807, 2.05) is 6.07 Å². The highest BCUT2D eigenvalue weighted by Crippen LogP contribution is 2.15. The second kappa shape index (κ2) is 7.46. The SMILES string of the molecule is CC(C)(O)CNC(=O)C(NC(=O)OC(C)(C)C)c1ccccc1. The van der Waals surface area contributed by atoms with Crippen molar-refractivity contribution in [1.29, 1.82) is 0 Å². The maximum Gasteiger partial charge on any atom is 0.408 e. The molecule has 1 rings (SSSR count). The van der Waals surface area contributed by atoms with Gasteiger partial charge in [0.1, 0.15) is 11.6 Å². The lowest BCUT2D eigenvalue weighted by atomic mass is 10.1. The van der Waals surface area contributed by atoms with Crippen molar-refractivity contribution < 1.29 is 19.4 Å². The van der Waals surface area contributed by atoms with Gasteiger partial charge in [-0.05, 0) is 40.2 Å². The van der Waals surface area contributed by atoms with E-state index in [4.69, 9.17) is 4.74 Å². The van der Waals surface area contributed by atoms with Gasteiger partial charge in [-0.25, -0.2) is 4.79 Å². The van der Waals surface area contributed by atoms with Crippen LogP contribution in [0, 0.1) is 0 Å². The zero-order valence-electron chi connectivity index (χ0n) is 14.3. The second-order valence-corrected chi connectivity index (χ2v) is 7.02. The molecule has 1 aromatic carbocycles. The monoisotopic (exact) mass is 322 g/mol. The number of carbonyl (C=O) groups excluding carboxylic acids is 2. The first-order valence-electron chi connectivity index (χ1n) is 7.52. The molecule has 2 amide bonds. The number of hydrogen-bond donors (Lipinski definition) is 3. The minimum absolute atomic E-state index is 0.0746. The van der Waals surface area contributed by atoms with Gasteiger partial charge >= 0.3 is 6.09 Å². The normalized spacial score (nSPS) is 13.1. The van der Waals surface area contributed by atoms with Crippen molar-refractivity contribution in [2.24, 2.45) is 0 Å². The molecule has 6 nitrogen and oxygen atoms in total. The van der Waals surface area contributed by atoms with E-state index < -0.39 is 29.2 Å². The molecule has 0 saturated carbocycles. The van der Waals surface area contributed by atoms with Gasteiger partial charge in [-0.1, -0.05) is 30.3 Å². The first kappa shape index (κ1) is 19.0. The van der Waals surface area contributed by atoms with Gasteiger partial charge in [-0.3, -0.25) is 4.79 Å². The molecule has 23 heavy (non-hydrogen) atoms. The van der Waals surface area contributed by atoms with E-state index in [1.54, 1.807) is 58.9 Å². The largest absolute Gasteiger partial charge is 0.444 e. The number of nitrogens with one attached hydrogen (secondary N) is 2. The fourth-order valence-electron chi connectivity index (χ4n) is 1.78. The predicted octanol–water partition coefficient (Wildman–Crippen LogP) is 2.14. The number of benzene rings is 1. The molecule has 0 aliphatic carbocycles.